The lowest BCUT2D eigenvalue weighted by Crippen LogP contribution is -2.25. The number of halogens is 1. The van der Waals surface area contributed by atoms with Gasteiger partial charge in [-0.25, -0.2) is 0 Å². The zero-order valence-electron chi connectivity index (χ0n) is 15.3. The van der Waals surface area contributed by atoms with Gasteiger partial charge in [-0.1, -0.05) is 35.9 Å². The Morgan fingerprint density at radius 2 is 1.89 bits per heavy atom. The van der Waals surface area contributed by atoms with Gasteiger partial charge in [0.1, 0.15) is 5.75 Å². The summed E-state index contributed by atoms with van der Waals surface area (Å²) in [6.07, 6.45) is 0.250. The molecule has 0 saturated carbocycles. The topological polar surface area (TPSA) is 78.0 Å². The lowest BCUT2D eigenvalue weighted by molar-refractivity contribution is -0.121. The molecule has 2 aromatic carbocycles. The molecular weight excluding hydrogens is 362 g/mol. The van der Waals surface area contributed by atoms with Crippen LogP contribution in [0.15, 0.2) is 48.5 Å². The molecule has 1 heterocycles. The monoisotopic (exact) mass is 383 g/mol. The van der Waals surface area contributed by atoms with Crippen LogP contribution in [0, 0.1) is 13.8 Å². The van der Waals surface area contributed by atoms with E-state index in [1.165, 1.54) is 0 Å². The second-order valence-corrected chi connectivity index (χ2v) is 7.03. The van der Waals surface area contributed by atoms with Gasteiger partial charge in [-0.15, -0.1) is 0 Å². The smallest absolute Gasteiger partial charge is 0.221 e. The molecule has 0 radical (unpaired) electrons. The summed E-state index contributed by atoms with van der Waals surface area (Å²) in [4.78, 5) is 12.7. The molecule has 3 aromatic rings. The van der Waals surface area contributed by atoms with E-state index < -0.39 is 0 Å². The van der Waals surface area contributed by atoms with Crippen LogP contribution in [-0.4, -0.2) is 21.2 Å². The zero-order chi connectivity index (χ0) is 19.4. The van der Waals surface area contributed by atoms with Crippen LogP contribution in [0.3, 0.4) is 0 Å². The number of carbonyl (C=O) groups excluding carboxylic acids is 1. The molecule has 0 bridgehead atoms. The molecule has 0 aliphatic rings. The second-order valence-electron chi connectivity index (χ2n) is 6.60. The Bertz CT molecular complexity index is 887. The fourth-order valence-corrected chi connectivity index (χ4v) is 3.37. The number of hydrogen-bond acceptors (Lipinski definition) is 3. The summed E-state index contributed by atoms with van der Waals surface area (Å²) in [5.41, 5.74) is 4.63. The summed E-state index contributed by atoms with van der Waals surface area (Å²) < 4.78 is 0. The lowest BCUT2D eigenvalue weighted by atomic mass is 9.88. The fourth-order valence-electron chi connectivity index (χ4n) is 3.17. The molecule has 0 aliphatic carbocycles. The molecule has 6 heteroatoms. The van der Waals surface area contributed by atoms with Crippen molar-refractivity contribution < 1.29 is 9.90 Å². The number of phenolic OH excluding ortho intramolecular Hbond substituents is 1. The van der Waals surface area contributed by atoms with E-state index in [-0.39, 0.29) is 24.0 Å². The third-order valence-corrected chi connectivity index (χ3v) is 4.89. The molecule has 1 amide bonds. The van der Waals surface area contributed by atoms with Crippen molar-refractivity contribution in [1.29, 1.82) is 0 Å². The highest BCUT2D eigenvalue weighted by Gasteiger charge is 2.19. The van der Waals surface area contributed by atoms with Crippen molar-refractivity contribution in [2.24, 2.45) is 0 Å². The molecule has 0 spiro atoms. The first-order chi connectivity index (χ1) is 12.9. The van der Waals surface area contributed by atoms with E-state index in [2.05, 4.69) is 15.5 Å². The minimum absolute atomic E-state index is 0.0803. The first kappa shape index (κ1) is 19.0. The predicted octanol–water partition coefficient (Wildman–Crippen LogP) is 4.22. The average Bonchev–Trinajstić information content (AvgIpc) is 2.96. The summed E-state index contributed by atoms with van der Waals surface area (Å²) in [6.45, 7) is 4.27. The zero-order valence-corrected chi connectivity index (χ0v) is 16.0. The number of rotatable bonds is 6. The van der Waals surface area contributed by atoms with Crippen molar-refractivity contribution in [3.63, 3.8) is 0 Å². The Labute approximate surface area is 163 Å². The maximum atomic E-state index is 12.7. The van der Waals surface area contributed by atoms with Gasteiger partial charge in [0.2, 0.25) is 5.91 Å². The SMILES string of the molecule is Cc1n[nH]c(C)c1CNC(=O)CC(c1cccc(O)c1)c1cccc(Cl)c1. The number of hydrogen-bond donors (Lipinski definition) is 3. The minimum atomic E-state index is -0.206. The highest BCUT2D eigenvalue weighted by atomic mass is 35.5. The van der Waals surface area contributed by atoms with Crippen LogP contribution < -0.4 is 5.32 Å². The summed E-state index contributed by atoms with van der Waals surface area (Å²) >= 11 is 6.15. The number of carbonyl (C=O) groups is 1. The summed E-state index contributed by atoms with van der Waals surface area (Å²) in [5, 5.41) is 20.5. The number of aromatic nitrogens is 2. The lowest BCUT2D eigenvalue weighted by Gasteiger charge is -2.18. The number of amides is 1. The van der Waals surface area contributed by atoms with Crippen molar-refractivity contribution in [3.8, 4) is 5.75 Å². The number of nitrogens with one attached hydrogen (secondary N) is 2. The van der Waals surface area contributed by atoms with Crippen molar-refractivity contribution in [2.45, 2.75) is 32.7 Å². The van der Waals surface area contributed by atoms with Crippen molar-refractivity contribution in [2.75, 3.05) is 0 Å². The molecule has 1 aromatic heterocycles. The molecular formula is C21H22ClN3O2. The van der Waals surface area contributed by atoms with Crippen LogP contribution >= 0.6 is 11.6 Å². The number of H-pyrrole nitrogens is 1. The van der Waals surface area contributed by atoms with E-state index in [0.717, 1.165) is 28.1 Å². The summed E-state index contributed by atoms with van der Waals surface area (Å²) in [7, 11) is 0. The van der Waals surface area contributed by atoms with Gasteiger partial charge in [0, 0.05) is 35.2 Å². The van der Waals surface area contributed by atoms with Crippen LogP contribution in [-0.2, 0) is 11.3 Å². The molecule has 0 saturated heterocycles. The van der Waals surface area contributed by atoms with Gasteiger partial charge in [0.05, 0.1) is 5.69 Å². The van der Waals surface area contributed by atoms with E-state index in [0.29, 0.717) is 11.6 Å². The molecule has 0 aliphatic heterocycles. The molecule has 3 rings (SSSR count). The maximum absolute atomic E-state index is 12.7. The minimum Gasteiger partial charge on any atom is -0.508 e. The molecule has 3 N–H and O–H groups in total. The molecule has 1 atom stereocenters. The van der Waals surface area contributed by atoms with Gasteiger partial charge in [-0.3, -0.25) is 9.89 Å². The third-order valence-electron chi connectivity index (χ3n) is 4.66. The standard InChI is InChI=1S/C21H22ClN3O2/c1-13-20(14(2)25-24-13)12-23-21(27)11-19(15-5-3-7-17(22)9-15)16-6-4-8-18(26)10-16/h3-10,19,26H,11-12H2,1-2H3,(H,23,27)(H,24,25). The van der Waals surface area contributed by atoms with Crippen molar-refractivity contribution in [1.82, 2.24) is 15.5 Å². The molecule has 1 unspecified atom stereocenters. The molecule has 5 nitrogen and oxygen atoms in total. The van der Waals surface area contributed by atoms with Crippen LogP contribution in [0.1, 0.15) is 40.4 Å². The third kappa shape index (κ3) is 4.68. The van der Waals surface area contributed by atoms with Crippen molar-refractivity contribution >= 4 is 17.5 Å². The largest absolute Gasteiger partial charge is 0.508 e. The average molecular weight is 384 g/mol. The van der Waals surface area contributed by atoms with Gasteiger partial charge >= 0.3 is 0 Å². The second kappa shape index (κ2) is 8.27. The fraction of sp³-hybridized carbons (Fsp3) is 0.238. The highest BCUT2D eigenvalue weighted by molar-refractivity contribution is 6.30. The Morgan fingerprint density at radius 3 is 2.52 bits per heavy atom. The first-order valence-corrected chi connectivity index (χ1v) is 9.13. The Morgan fingerprint density at radius 1 is 1.19 bits per heavy atom. The van der Waals surface area contributed by atoms with E-state index in [1.54, 1.807) is 24.3 Å². The highest BCUT2D eigenvalue weighted by Crippen LogP contribution is 2.31. The quantitative estimate of drug-likeness (QED) is 0.596. The van der Waals surface area contributed by atoms with Crippen LogP contribution in [0.4, 0.5) is 0 Å². The molecule has 27 heavy (non-hydrogen) atoms. The number of aromatic amines is 1. The van der Waals surface area contributed by atoms with E-state index >= 15 is 0 Å². The van der Waals surface area contributed by atoms with Crippen LogP contribution in [0.5, 0.6) is 5.75 Å². The number of aromatic hydroxyl groups is 1. The van der Waals surface area contributed by atoms with Gasteiger partial charge in [-0.05, 0) is 49.2 Å². The maximum Gasteiger partial charge on any atom is 0.221 e. The Kier molecular flexibility index (Phi) is 5.81. The van der Waals surface area contributed by atoms with Gasteiger partial charge in [-0.2, -0.15) is 5.10 Å². The molecule has 140 valence electrons. The normalized spacial score (nSPS) is 12.0. The Hall–Kier alpha value is -2.79. The number of aryl methyl sites for hydroxylation is 2. The first-order valence-electron chi connectivity index (χ1n) is 8.75. The molecule has 0 fully saturated rings. The van der Waals surface area contributed by atoms with Crippen LogP contribution in [0.25, 0.3) is 0 Å². The van der Waals surface area contributed by atoms with E-state index in [9.17, 15) is 9.90 Å². The summed E-state index contributed by atoms with van der Waals surface area (Å²) in [6, 6.07) is 14.4. The van der Waals surface area contributed by atoms with E-state index in [1.807, 2.05) is 38.1 Å². The van der Waals surface area contributed by atoms with E-state index in [4.69, 9.17) is 11.6 Å². The van der Waals surface area contributed by atoms with Gasteiger partial charge < -0.3 is 10.4 Å². The number of phenols is 1. The van der Waals surface area contributed by atoms with Crippen molar-refractivity contribution in [3.05, 3.63) is 81.6 Å². The predicted molar refractivity (Wildman–Crippen MR) is 106 cm³/mol. The number of benzene rings is 2. The van der Waals surface area contributed by atoms with Crippen LogP contribution in [0.2, 0.25) is 5.02 Å². The van der Waals surface area contributed by atoms with Gasteiger partial charge in [0.15, 0.2) is 0 Å². The number of nitrogens with zero attached hydrogens (tertiary/aromatic N) is 1. The van der Waals surface area contributed by atoms with Gasteiger partial charge in [0.25, 0.3) is 0 Å². The Balaban J connectivity index is 1.80. The summed E-state index contributed by atoms with van der Waals surface area (Å²) in [5.74, 6) is -0.116.